The molecule has 4 rings (SSSR count). The SMILES string of the molecule is COc1cc(O)ccc1-c1nc2ccc(Br)cn2c1Nc1ccccc1C. The molecule has 2 heterocycles. The van der Waals surface area contributed by atoms with E-state index in [-0.39, 0.29) is 5.75 Å². The number of methoxy groups -OCH3 is 1. The molecule has 0 aliphatic heterocycles. The lowest BCUT2D eigenvalue weighted by molar-refractivity contribution is 0.409. The van der Waals surface area contributed by atoms with Crippen LogP contribution in [-0.4, -0.2) is 21.6 Å². The fourth-order valence-corrected chi connectivity index (χ4v) is 3.38. The molecule has 2 aromatic carbocycles. The van der Waals surface area contributed by atoms with E-state index in [0.717, 1.165) is 38.4 Å². The van der Waals surface area contributed by atoms with Gasteiger partial charge in [-0.3, -0.25) is 4.40 Å². The molecule has 0 spiro atoms. The largest absolute Gasteiger partial charge is 0.508 e. The summed E-state index contributed by atoms with van der Waals surface area (Å²) in [6.45, 7) is 2.06. The number of hydrogen-bond acceptors (Lipinski definition) is 4. The number of aromatic hydroxyl groups is 1. The maximum atomic E-state index is 9.81. The molecule has 0 radical (unpaired) electrons. The number of pyridine rings is 1. The van der Waals surface area contributed by atoms with Crippen LogP contribution in [0, 0.1) is 6.92 Å². The number of nitrogens with zero attached hydrogens (tertiary/aromatic N) is 2. The smallest absolute Gasteiger partial charge is 0.143 e. The van der Waals surface area contributed by atoms with E-state index in [2.05, 4.69) is 34.2 Å². The first kappa shape index (κ1) is 17.4. The van der Waals surface area contributed by atoms with Crippen LogP contribution in [-0.2, 0) is 0 Å². The van der Waals surface area contributed by atoms with Gasteiger partial charge in [0, 0.05) is 28.0 Å². The Kier molecular flexibility index (Phi) is 4.49. The van der Waals surface area contributed by atoms with Gasteiger partial charge in [0.1, 0.15) is 28.7 Å². The second-order valence-electron chi connectivity index (χ2n) is 6.21. The van der Waals surface area contributed by atoms with E-state index in [0.29, 0.717) is 5.75 Å². The zero-order chi connectivity index (χ0) is 19.0. The van der Waals surface area contributed by atoms with E-state index in [1.165, 1.54) is 0 Å². The van der Waals surface area contributed by atoms with Gasteiger partial charge >= 0.3 is 0 Å². The van der Waals surface area contributed by atoms with Crippen LogP contribution in [0.1, 0.15) is 5.56 Å². The van der Waals surface area contributed by atoms with Crippen molar-refractivity contribution in [3.05, 3.63) is 70.8 Å². The molecule has 0 aliphatic carbocycles. The second kappa shape index (κ2) is 6.96. The second-order valence-corrected chi connectivity index (χ2v) is 7.12. The van der Waals surface area contributed by atoms with Gasteiger partial charge < -0.3 is 15.2 Å². The first-order valence-electron chi connectivity index (χ1n) is 8.44. The number of nitrogens with one attached hydrogen (secondary N) is 1. The minimum atomic E-state index is 0.149. The molecule has 6 heteroatoms. The van der Waals surface area contributed by atoms with Crippen molar-refractivity contribution in [2.75, 3.05) is 12.4 Å². The van der Waals surface area contributed by atoms with E-state index >= 15 is 0 Å². The summed E-state index contributed by atoms with van der Waals surface area (Å²) in [7, 11) is 1.58. The monoisotopic (exact) mass is 423 g/mol. The van der Waals surface area contributed by atoms with Crippen molar-refractivity contribution >= 4 is 33.1 Å². The average Bonchev–Trinajstić information content (AvgIpc) is 3.01. The lowest BCUT2D eigenvalue weighted by Gasteiger charge is -2.13. The molecule has 2 aromatic heterocycles. The summed E-state index contributed by atoms with van der Waals surface area (Å²) in [5, 5.41) is 13.3. The fourth-order valence-electron chi connectivity index (χ4n) is 3.04. The molecule has 136 valence electrons. The summed E-state index contributed by atoms with van der Waals surface area (Å²) in [4.78, 5) is 4.81. The highest BCUT2D eigenvalue weighted by Crippen LogP contribution is 2.38. The number of ether oxygens (including phenoxy) is 1. The Bertz CT molecular complexity index is 1140. The number of phenols is 1. The quantitative estimate of drug-likeness (QED) is 0.452. The maximum Gasteiger partial charge on any atom is 0.143 e. The van der Waals surface area contributed by atoms with Crippen LogP contribution in [0.3, 0.4) is 0 Å². The average molecular weight is 424 g/mol. The molecule has 0 unspecified atom stereocenters. The molecule has 2 N–H and O–H groups in total. The normalized spacial score (nSPS) is 10.9. The number of fused-ring (bicyclic) bond motifs is 1. The molecule has 27 heavy (non-hydrogen) atoms. The minimum Gasteiger partial charge on any atom is -0.508 e. The zero-order valence-corrected chi connectivity index (χ0v) is 16.5. The summed E-state index contributed by atoms with van der Waals surface area (Å²) < 4.78 is 8.43. The summed E-state index contributed by atoms with van der Waals surface area (Å²) >= 11 is 3.54. The topological polar surface area (TPSA) is 58.8 Å². The highest BCUT2D eigenvalue weighted by atomic mass is 79.9. The predicted octanol–water partition coefficient (Wildman–Crippen LogP) is 5.53. The van der Waals surface area contributed by atoms with Gasteiger partial charge in [0.05, 0.1) is 7.11 Å². The number of anilines is 2. The highest BCUT2D eigenvalue weighted by molar-refractivity contribution is 9.10. The fraction of sp³-hybridized carbons (Fsp3) is 0.0952. The van der Waals surface area contributed by atoms with E-state index in [1.807, 2.05) is 47.0 Å². The molecule has 0 saturated heterocycles. The van der Waals surface area contributed by atoms with Crippen LogP contribution >= 0.6 is 15.9 Å². The molecule has 0 saturated carbocycles. The third-order valence-electron chi connectivity index (χ3n) is 4.42. The number of phenolic OH excluding ortho intramolecular Hbond substituents is 1. The Morgan fingerprint density at radius 3 is 2.70 bits per heavy atom. The lowest BCUT2D eigenvalue weighted by Crippen LogP contribution is -1.99. The van der Waals surface area contributed by atoms with E-state index in [9.17, 15) is 5.11 Å². The van der Waals surface area contributed by atoms with Gasteiger partial charge in [-0.1, -0.05) is 18.2 Å². The summed E-state index contributed by atoms with van der Waals surface area (Å²) in [5.41, 5.74) is 4.48. The van der Waals surface area contributed by atoms with Gasteiger partial charge in [-0.25, -0.2) is 4.98 Å². The van der Waals surface area contributed by atoms with E-state index in [4.69, 9.17) is 9.72 Å². The van der Waals surface area contributed by atoms with E-state index < -0.39 is 0 Å². The van der Waals surface area contributed by atoms with Crippen LogP contribution in [0.25, 0.3) is 16.9 Å². The van der Waals surface area contributed by atoms with Gasteiger partial charge in [-0.15, -0.1) is 0 Å². The van der Waals surface area contributed by atoms with Crippen LogP contribution in [0.2, 0.25) is 0 Å². The van der Waals surface area contributed by atoms with Gasteiger partial charge in [0.25, 0.3) is 0 Å². The van der Waals surface area contributed by atoms with Crippen LogP contribution in [0.4, 0.5) is 11.5 Å². The minimum absolute atomic E-state index is 0.149. The van der Waals surface area contributed by atoms with Crippen molar-refractivity contribution in [1.29, 1.82) is 0 Å². The predicted molar refractivity (Wildman–Crippen MR) is 111 cm³/mol. The molecule has 0 amide bonds. The van der Waals surface area contributed by atoms with Crippen molar-refractivity contribution in [3.63, 3.8) is 0 Å². The molecule has 0 fully saturated rings. The summed E-state index contributed by atoms with van der Waals surface area (Å²) in [5.74, 6) is 1.53. The Morgan fingerprint density at radius 1 is 1.11 bits per heavy atom. The number of aromatic nitrogens is 2. The maximum absolute atomic E-state index is 9.81. The molecular weight excluding hydrogens is 406 g/mol. The van der Waals surface area contributed by atoms with Crippen molar-refractivity contribution < 1.29 is 9.84 Å². The number of halogens is 1. The van der Waals surface area contributed by atoms with Gasteiger partial charge in [0.2, 0.25) is 0 Å². The van der Waals surface area contributed by atoms with Crippen LogP contribution in [0.15, 0.2) is 65.3 Å². The Morgan fingerprint density at radius 2 is 1.93 bits per heavy atom. The molecule has 4 aromatic rings. The standard InChI is InChI=1S/C21H18BrN3O2/c1-13-5-3-4-6-17(13)23-21-20(16-9-8-15(26)11-18(16)27-2)24-19-10-7-14(22)12-25(19)21/h3-12,23,26H,1-2H3. The van der Waals surface area contributed by atoms with Crippen molar-refractivity contribution in [2.45, 2.75) is 6.92 Å². The molecular formula is C21H18BrN3O2. The van der Waals surface area contributed by atoms with E-state index in [1.54, 1.807) is 19.2 Å². The number of imidazole rings is 1. The summed E-state index contributed by atoms with van der Waals surface area (Å²) in [6, 6.07) is 17.0. The number of benzene rings is 2. The first-order chi connectivity index (χ1) is 13.1. The number of rotatable bonds is 4. The Balaban J connectivity index is 1.97. The number of aryl methyl sites for hydroxylation is 1. The van der Waals surface area contributed by atoms with Crippen molar-refractivity contribution in [2.24, 2.45) is 0 Å². The number of para-hydroxylation sites is 1. The third kappa shape index (κ3) is 3.24. The van der Waals surface area contributed by atoms with Crippen LogP contribution in [0.5, 0.6) is 11.5 Å². The third-order valence-corrected chi connectivity index (χ3v) is 4.89. The first-order valence-corrected chi connectivity index (χ1v) is 9.24. The molecule has 0 aliphatic rings. The highest BCUT2D eigenvalue weighted by Gasteiger charge is 2.19. The lowest BCUT2D eigenvalue weighted by atomic mass is 10.1. The summed E-state index contributed by atoms with van der Waals surface area (Å²) in [6.07, 6.45) is 1.97. The van der Waals surface area contributed by atoms with Gasteiger partial charge in [-0.2, -0.15) is 0 Å². The van der Waals surface area contributed by atoms with Gasteiger partial charge in [0.15, 0.2) is 0 Å². The number of hydrogen-bond donors (Lipinski definition) is 2. The van der Waals surface area contributed by atoms with Crippen molar-refractivity contribution in [3.8, 4) is 22.8 Å². The van der Waals surface area contributed by atoms with Gasteiger partial charge in [-0.05, 0) is 58.7 Å². The zero-order valence-electron chi connectivity index (χ0n) is 14.9. The molecule has 0 bridgehead atoms. The van der Waals surface area contributed by atoms with Crippen molar-refractivity contribution in [1.82, 2.24) is 9.38 Å². The van der Waals surface area contributed by atoms with Crippen LogP contribution < -0.4 is 10.1 Å². The Hall–Kier alpha value is -2.99. The molecule has 0 atom stereocenters. The molecule has 5 nitrogen and oxygen atoms in total. The Labute approximate surface area is 165 Å².